The summed E-state index contributed by atoms with van der Waals surface area (Å²) in [5.41, 5.74) is 2.02. The zero-order chi connectivity index (χ0) is 20.1. The van der Waals surface area contributed by atoms with Crippen LogP contribution in [-0.2, 0) is 9.47 Å². The summed E-state index contributed by atoms with van der Waals surface area (Å²) in [6, 6.07) is 5.66. The second-order valence-corrected chi connectivity index (χ2v) is 7.79. The van der Waals surface area contributed by atoms with Crippen LogP contribution in [0.2, 0.25) is 0 Å². The molecule has 0 unspecified atom stereocenters. The zero-order valence-corrected chi connectivity index (χ0v) is 16.2. The average Bonchev–Trinajstić information content (AvgIpc) is 2.43. The fourth-order valence-electron chi connectivity index (χ4n) is 1.85. The number of carbonyl (C=O) groups excluding carboxylic acids is 2. The van der Waals surface area contributed by atoms with E-state index in [1.165, 1.54) is 12.1 Å². The Hall–Kier alpha value is -2.57. The van der Waals surface area contributed by atoms with Crippen molar-refractivity contribution in [3.63, 3.8) is 0 Å². The van der Waals surface area contributed by atoms with Crippen LogP contribution < -0.4 is 5.43 Å². The highest BCUT2D eigenvalue weighted by Gasteiger charge is 2.26. The molecule has 0 heterocycles. The van der Waals surface area contributed by atoms with Crippen molar-refractivity contribution in [1.29, 1.82) is 0 Å². The van der Waals surface area contributed by atoms with Crippen molar-refractivity contribution < 1.29 is 23.5 Å². The fourth-order valence-corrected chi connectivity index (χ4v) is 1.85. The van der Waals surface area contributed by atoms with Crippen molar-refractivity contribution in [2.75, 3.05) is 6.54 Å². The molecule has 0 aromatic heterocycles. The van der Waals surface area contributed by atoms with E-state index in [4.69, 9.17) is 9.47 Å². The van der Waals surface area contributed by atoms with E-state index >= 15 is 0 Å². The van der Waals surface area contributed by atoms with Crippen molar-refractivity contribution in [2.45, 2.75) is 52.7 Å². The van der Waals surface area contributed by atoms with E-state index in [2.05, 4.69) is 12.0 Å². The normalized spacial score (nSPS) is 11.5. The Balaban J connectivity index is 2.92. The summed E-state index contributed by atoms with van der Waals surface area (Å²) in [6.45, 7) is 14.1. The number of halogens is 1. The van der Waals surface area contributed by atoms with Gasteiger partial charge >= 0.3 is 12.2 Å². The van der Waals surface area contributed by atoms with Crippen LogP contribution in [0.5, 0.6) is 0 Å². The Morgan fingerprint density at radius 2 is 1.54 bits per heavy atom. The molecule has 7 heteroatoms. The molecule has 6 nitrogen and oxygen atoms in total. The van der Waals surface area contributed by atoms with Gasteiger partial charge in [-0.2, -0.15) is 0 Å². The first-order chi connectivity index (χ1) is 11.8. The molecule has 0 radical (unpaired) electrons. The molecule has 0 aliphatic rings. The van der Waals surface area contributed by atoms with E-state index in [9.17, 15) is 14.0 Å². The summed E-state index contributed by atoms with van der Waals surface area (Å²) in [6.07, 6.45) is -1.55. The van der Waals surface area contributed by atoms with Crippen LogP contribution in [0.25, 0.3) is 5.57 Å². The van der Waals surface area contributed by atoms with Crippen molar-refractivity contribution in [3.8, 4) is 0 Å². The first-order valence-electron chi connectivity index (χ1n) is 8.21. The first-order valence-corrected chi connectivity index (χ1v) is 8.21. The minimum atomic E-state index is -0.796. The number of nitrogens with zero attached hydrogens (tertiary/aromatic N) is 1. The minimum absolute atomic E-state index is 0.0558. The molecule has 1 aromatic carbocycles. The number of benzene rings is 1. The highest BCUT2D eigenvalue weighted by Crippen LogP contribution is 2.16. The number of rotatable bonds is 3. The average molecular weight is 366 g/mol. The van der Waals surface area contributed by atoms with Gasteiger partial charge in [-0.15, -0.1) is 0 Å². The van der Waals surface area contributed by atoms with Crippen LogP contribution in [0, 0.1) is 5.82 Å². The van der Waals surface area contributed by atoms with E-state index in [-0.39, 0.29) is 12.4 Å². The molecule has 0 saturated carbocycles. The lowest BCUT2D eigenvalue weighted by molar-refractivity contribution is 0.00457. The Labute approximate surface area is 153 Å². The highest BCUT2D eigenvalue weighted by molar-refractivity contribution is 5.77. The van der Waals surface area contributed by atoms with E-state index in [0.29, 0.717) is 11.1 Å². The molecule has 0 spiro atoms. The maximum atomic E-state index is 13.1. The Kier molecular flexibility index (Phi) is 6.78. The third-order valence-corrected chi connectivity index (χ3v) is 2.84. The second-order valence-electron chi connectivity index (χ2n) is 7.79. The maximum Gasteiger partial charge on any atom is 0.429 e. The molecule has 144 valence electrons. The quantitative estimate of drug-likeness (QED) is 0.799. The van der Waals surface area contributed by atoms with Crippen LogP contribution in [0.1, 0.15) is 47.1 Å². The summed E-state index contributed by atoms with van der Waals surface area (Å²) in [5, 5.41) is 0.977. The molecular formula is C19H27FN2O4. The predicted octanol–water partition coefficient (Wildman–Crippen LogP) is 4.52. The molecule has 0 atom stereocenters. The monoisotopic (exact) mass is 366 g/mol. The number of ether oxygens (including phenoxy) is 2. The number of hydrazine groups is 1. The smallest absolute Gasteiger partial charge is 0.429 e. The van der Waals surface area contributed by atoms with Crippen molar-refractivity contribution in [2.24, 2.45) is 0 Å². The number of carbonyl (C=O) groups is 2. The topological polar surface area (TPSA) is 67.9 Å². The van der Waals surface area contributed by atoms with Crippen LogP contribution in [0.15, 0.2) is 30.8 Å². The summed E-state index contributed by atoms with van der Waals surface area (Å²) in [4.78, 5) is 24.5. The van der Waals surface area contributed by atoms with Crippen LogP contribution >= 0.6 is 0 Å². The van der Waals surface area contributed by atoms with Gasteiger partial charge in [-0.3, -0.25) is 0 Å². The Morgan fingerprint density at radius 1 is 1.04 bits per heavy atom. The molecule has 0 aliphatic carbocycles. The number of nitrogens with one attached hydrogen (secondary N) is 1. The summed E-state index contributed by atoms with van der Waals surface area (Å²) in [5.74, 6) is -0.377. The van der Waals surface area contributed by atoms with Crippen molar-refractivity contribution in [3.05, 3.63) is 42.2 Å². The van der Waals surface area contributed by atoms with Crippen molar-refractivity contribution in [1.82, 2.24) is 10.4 Å². The van der Waals surface area contributed by atoms with Gasteiger partial charge in [0.25, 0.3) is 0 Å². The summed E-state index contributed by atoms with van der Waals surface area (Å²) < 4.78 is 23.5. The number of amides is 2. The molecule has 2 amide bonds. The van der Waals surface area contributed by atoms with Crippen LogP contribution in [0.3, 0.4) is 0 Å². The third kappa shape index (κ3) is 8.00. The predicted molar refractivity (Wildman–Crippen MR) is 97.7 cm³/mol. The van der Waals surface area contributed by atoms with E-state index in [1.807, 2.05) is 0 Å². The van der Waals surface area contributed by atoms with Gasteiger partial charge in [-0.25, -0.2) is 24.4 Å². The van der Waals surface area contributed by atoms with E-state index in [0.717, 1.165) is 5.01 Å². The van der Waals surface area contributed by atoms with Gasteiger partial charge in [0.2, 0.25) is 0 Å². The van der Waals surface area contributed by atoms with Crippen LogP contribution in [0.4, 0.5) is 14.0 Å². The first kappa shape index (κ1) is 21.5. The minimum Gasteiger partial charge on any atom is -0.443 e. The molecule has 0 saturated heterocycles. The molecular weight excluding hydrogens is 339 g/mol. The summed E-state index contributed by atoms with van der Waals surface area (Å²) in [7, 11) is 0. The molecule has 1 aromatic rings. The number of hydrogen-bond donors (Lipinski definition) is 1. The van der Waals surface area contributed by atoms with E-state index < -0.39 is 23.4 Å². The van der Waals surface area contributed by atoms with E-state index in [1.54, 1.807) is 53.7 Å². The lowest BCUT2D eigenvalue weighted by Crippen LogP contribution is -2.50. The lowest BCUT2D eigenvalue weighted by atomic mass is 10.1. The standard InChI is InChI=1S/C19H27FN2O4/c1-13(14-8-10-15(20)11-9-14)12-22(17(24)26-19(5,6)7)21-16(23)25-18(2,3)4/h8-11H,1,12H2,2-7H3,(H,21,23). The van der Waals surface area contributed by atoms with Gasteiger partial charge in [0, 0.05) is 0 Å². The highest BCUT2D eigenvalue weighted by atomic mass is 19.1. The molecule has 0 aliphatic heterocycles. The van der Waals surface area contributed by atoms with Gasteiger partial charge in [0.15, 0.2) is 0 Å². The summed E-state index contributed by atoms with van der Waals surface area (Å²) >= 11 is 0. The largest absolute Gasteiger partial charge is 0.443 e. The fraction of sp³-hybridized carbons (Fsp3) is 0.474. The second kappa shape index (κ2) is 8.21. The van der Waals surface area contributed by atoms with Crippen LogP contribution in [-0.4, -0.2) is 34.9 Å². The Morgan fingerprint density at radius 3 is 2.00 bits per heavy atom. The third-order valence-electron chi connectivity index (χ3n) is 2.84. The van der Waals surface area contributed by atoms with Gasteiger partial charge in [0.05, 0.1) is 6.54 Å². The molecule has 0 bridgehead atoms. The molecule has 0 fully saturated rings. The van der Waals surface area contributed by atoms with Gasteiger partial charge in [-0.05, 0) is 64.8 Å². The van der Waals surface area contributed by atoms with Gasteiger partial charge in [0.1, 0.15) is 17.0 Å². The molecule has 1 rings (SSSR count). The molecule has 1 N–H and O–H groups in total. The van der Waals surface area contributed by atoms with Crippen molar-refractivity contribution >= 4 is 17.8 Å². The van der Waals surface area contributed by atoms with Gasteiger partial charge < -0.3 is 9.47 Å². The maximum absolute atomic E-state index is 13.1. The SMILES string of the molecule is C=C(CN(NC(=O)OC(C)(C)C)C(=O)OC(C)(C)C)c1ccc(F)cc1. The van der Waals surface area contributed by atoms with Gasteiger partial charge in [-0.1, -0.05) is 18.7 Å². The Bertz CT molecular complexity index is 658. The zero-order valence-electron chi connectivity index (χ0n) is 16.2. The number of hydrogen-bond acceptors (Lipinski definition) is 4. The lowest BCUT2D eigenvalue weighted by Gasteiger charge is -2.29. The molecule has 26 heavy (non-hydrogen) atoms.